The van der Waals surface area contributed by atoms with Crippen molar-refractivity contribution < 1.29 is 9.13 Å². The fraction of sp³-hybridized carbons (Fsp3) is 0.0909. The van der Waals surface area contributed by atoms with Gasteiger partial charge in [-0.05, 0) is 17.7 Å². The van der Waals surface area contributed by atoms with Crippen LogP contribution in [-0.2, 0) is 0 Å². The van der Waals surface area contributed by atoms with Crippen molar-refractivity contribution in [2.45, 2.75) is 0 Å². The van der Waals surface area contributed by atoms with Gasteiger partial charge in [0.2, 0.25) is 0 Å². The average molecular weight is 204 g/mol. The second-order valence-electron chi connectivity index (χ2n) is 2.97. The topological polar surface area (TPSA) is 35.0 Å². The van der Waals surface area contributed by atoms with Crippen molar-refractivity contribution >= 4 is 0 Å². The molecule has 0 aliphatic heterocycles. The smallest absolute Gasteiger partial charge is 0.316 e. The van der Waals surface area contributed by atoms with Crippen LogP contribution in [-0.4, -0.2) is 17.1 Å². The lowest BCUT2D eigenvalue weighted by Gasteiger charge is -2.01. The van der Waals surface area contributed by atoms with Crippen LogP contribution < -0.4 is 4.74 Å². The highest BCUT2D eigenvalue weighted by atomic mass is 19.1. The number of halogens is 1. The van der Waals surface area contributed by atoms with Gasteiger partial charge >= 0.3 is 6.01 Å². The molecule has 0 spiro atoms. The molecular formula is C11H9FN2O. The molecule has 0 amide bonds. The van der Waals surface area contributed by atoms with Crippen LogP contribution in [0.15, 0.2) is 36.7 Å². The summed E-state index contributed by atoms with van der Waals surface area (Å²) in [5.41, 5.74) is 1.70. The number of hydrogen-bond donors (Lipinski definition) is 0. The van der Waals surface area contributed by atoms with E-state index in [1.165, 1.54) is 19.2 Å². The van der Waals surface area contributed by atoms with Crippen LogP contribution >= 0.6 is 0 Å². The monoisotopic (exact) mass is 204 g/mol. The van der Waals surface area contributed by atoms with Crippen LogP contribution in [0.4, 0.5) is 4.39 Å². The molecule has 1 aromatic carbocycles. The van der Waals surface area contributed by atoms with Crippen molar-refractivity contribution in [1.29, 1.82) is 0 Å². The Bertz CT molecular complexity index is 439. The molecule has 4 heteroatoms. The zero-order valence-corrected chi connectivity index (χ0v) is 8.14. The molecule has 0 N–H and O–H groups in total. The number of ether oxygens (including phenoxy) is 1. The third-order valence-corrected chi connectivity index (χ3v) is 1.99. The third kappa shape index (κ3) is 2.10. The Kier molecular flexibility index (Phi) is 2.58. The van der Waals surface area contributed by atoms with Crippen LogP contribution in [0.2, 0.25) is 0 Å². The summed E-state index contributed by atoms with van der Waals surface area (Å²) in [4.78, 5) is 7.94. The van der Waals surface area contributed by atoms with E-state index in [9.17, 15) is 4.39 Å². The van der Waals surface area contributed by atoms with Gasteiger partial charge in [0.25, 0.3) is 0 Å². The van der Waals surface area contributed by atoms with Crippen molar-refractivity contribution in [1.82, 2.24) is 9.97 Å². The van der Waals surface area contributed by atoms with E-state index in [0.29, 0.717) is 6.01 Å². The molecule has 0 aliphatic rings. The summed E-state index contributed by atoms with van der Waals surface area (Å²) in [5.74, 6) is -0.256. The van der Waals surface area contributed by atoms with Gasteiger partial charge < -0.3 is 4.74 Å². The molecule has 15 heavy (non-hydrogen) atoms. The zero-order valence-electron chi connectivity index (χ0n) is 8.14. The van der Waals surface area contributed by atoms with Crippen molar-refractivity contribution in [2.24, 2.45) is 0 Å². The summed E-state index contributed by atoms with van der Waals surface area (Å²) in [7, 11) is 1.51. The first-order chi connectivity index (χ1) is 7.29. The minimum atomic E-state index is -0.256. The summed E-state index contributed by atoms with van der Waals surface area (Å²) in [5, 5.41) is 0. The number of benzene rings is 1. The van der Waals surface area contributed by atoms with E-state index in [0.717, 1.165) is 11.1 Å². The lowest BCUT2D eigenvalue weighted by molar-refractivity contribution is 0.380. The van der Waals surface area contributed by atoms with Gasteiger partial charge in [-0.3, -0.25) is 0 Å². The van der Waals surface area contributed by atoms with Crippen LogP contribution in [0.5, 0.6) is 6.01 Å². The van der Waals surface area contributed by atoms with E-state index in [1.54, 1.807) is 24.5 Å². The molecular weight excluding hydrogens is 195 g/mol. The van der Waals surface area contributed by atoms with Gasteiger partial charge in [0.05, 0.1) is 7.11 Å². The average Bonchev–Trinajstić information content (AvgIpc) is 2.30. The maximum Gasteiger partial charge on any atom is 0.316 e. The third-order valence-electron chi connectivity index (χ3n) is 1.99. The van der Waals surface area contributed by atoms with Crippen LogP contribution in [0.25, 0.3) is 11.1 Å². The van der Waals surface area contributed by atoms with E-state index in [-0.39, 0.29) is 5.82 Å². The van der Waals surface area contributed by atoms with Gasteiger partial charge in [-0.1, -0.05) is 12.1 Å². The fourth-order valence-electron chi connectivity index (χ4n) is 1.21. The molecule has 76 valence electrons. The molecule has 0 unspecified atom stereocenters. The molecule has 0 fully saturated rings. The molecule has 2 aromatic rings. The Morgan fingerprint density at radius 2 is 1.60 bits per heavy atom. The van der Waals surface area contributed by atoms with Crippen LogP contribution in [0, 0.1) is 5.82 Å². The molecule has 1 aromatic heterocycles. The van der Waals surface area contributed by atoms with E-state index in [2.05, 4.69) is 9.97 Å². The molecule has 0 atom stereocenters. The lowest BCUT2D eigenvalue weighted by Crippen LogP contribution is -1.91. The zero-order chi connectivity index (χ0) is 10.7. The highest BCUT2D eigenvalue weighted by Crippen LogP contribution is 2.18. The fourth-order valence-corrected chi connectivity index (χ4v) is 1.21. The molecule has 2 rings (SSSR count). The molecule has 0 radical (unpaired) electrons. The van der Waals surface area contributed by atoms with Crippen LogP contribution in [0.1, 0.15) is 0 Å². The van der Waals surface area contributed by atoms with Crippen molar-refractivity contribution in [3.63, 3.8) is 0 Å². The van der Waals surface area contributed by atoms with Gasteiger partial charge in [-0.2, -0.15) is 0 Å². The standard InChI is InChI=1S/C11H9FN2O/c1-15-11-13-6-9(7-14-11)8-2-4-10(12)5-3-8/h2-7H,1H3. The quantitative estimate of drug-likeness (QED) is 0.752. The first-order valence-electron chi connectivity index (χ1n) is 4.41. The molecule has 3 nitrogen and oxygen atoms in total. The first kappa shape index (κ1) is 9.58. The van der Waals surface area contributed by atoms with E-state index in [4.69, 9.17) is 4.74 Å². The SMILES string of the molecule is COc1ncc(-c2ccc(F)cc2)cn1. The Morgan fingerprint density at radius 3 is 2.13 bits per heavy atom. The van der Waals surface area contributed by atoms with Crippen molar-refractivity contribution in [3.05, 3.63) is 42.5 Å². The summed E-state index contributed by atoms with van der Waals surface area (Å²) in [6.45, 7) is 0. The minimum Gasteiger partial charge on any atom is -0.467 e. The van der Waals surface area contributed by atoms with Gasteiger partial charge in [0, 0.05) is 18.0 Å². The number of nitrogens with zero attached hydrogens (tertiary/aromatic N) is 2. The molecule has 0 bridgehead atoms. The predicted octanol–water partition coefficient (Wildman–Crippen LogP) is 2.29. The summed E-state index contributed by atoms with van der Waals surface area (Å²) < 4.78 is 17.5. The normalized spacial score (nSPS) is 10.0. The van der Waals surface area contributed by atoms with E-state index < -0.39 is 0 Å². The number of aromatic nitrogens is 2. The van der Waals surface area contributed by atoms with Gasteiger partial charge in [0.15, 0.2) is 0 Å². The number of methoxy groups -OCH3 is 1. The maximum absolute atomic E-state index is 12.7. The van der Waals surface area contributed by atoms with Gasteiger partial charge in [-0.15, -0.1) is 0 Å². The molecule has 0 saturated carbocycles. The molecule has 1 heterocycles. The predicted molar refractivity (Wildman–Crippen MR) is 54.0 cm³/mol. The van der Waals surface area contributed by atoms with Gasteiger partial charge in [0.1, 0.15) is 5.82 Å². The summed E-state index contributed by atoms with van der Waals surface area (Å²) in [6, 6.07) is 6.49. The van der Waals surface area contributed by atoms with Crippen molar-refractivity contribution in [3.8, 4) is 17.1 Å². The van der Waals surface area contributed by atoms with Crippen LogP contribution in [0.3, 0.4) is 0 Å². The highest BCUT2D eigenvalue weighted by molar-refractivity contribution is 5.61. The summed E-state index contributed by atoms with van der Waals surface area (Å²) in [6.07, 6.45) is 3.28. The highest BCUT2D eigenvalue weighted by Gasteiger charge is 2.00. The lowest BCUT2D eigenvalue weighted by atomic mass is 10.1. The van der Waals surface area contributed by atoms with Gasteiger partial charge in [-0.25, -0.2) is 14.4 Å². The van der Waals surface area contributed by atoms with E-state index >= 15 is 0 Å². The Balaban J connectivity index is 2.33. The Morgan fingerprint density at radius 1 is 1.00 bits per heavy atom. The first-order valence-corrected chi connectivity index (χ1v) is 4.41. The Labute approximate surface area is 86.6 Å². The minimum absolute atomic E-state index is 0.256. The van der Waals surface area contributed by atoms with E-state index in [1.807, 2.05) is 0 Å². The largest absolute Gasteiger partial charge is 0.467 e. The molecule has 0 aliphatic carbocycles. The summed E-state index contributed by atoms with van der Waals surface area (Å²) >= 11 is 0. The Hall–Kier alpha value is -1.97. The second-order valence-corrected chi connectivity index (χ2v) is 2.97. The second kappa shape index (κ2) is 4.04. The number of rotatable bonds is 2. The number of hydrogen-bond acceptors (Lipinski definition) is 3. The van der Waals surface area contributed by atoms with Crippen molar-refractivity contribution in [2.75, 3.05) is 7.11 Å². The molecule has 0 saturated heterocycles. The maximum atomic E-state index is 12.7.